The molecule has 0 aromatic carbocycles. The molecule has 0 heterocycles. The Bertz CT molecular complexity index is 405. The fourth-order valence-electron chi connectivity index (χ4n) is 5.58. The lowest BCUT2D eigenvalue weighted by Crippen LogP contribution is -2.67. The molecule has 0 aromatic rings. The second-order valence-corrected chi connectivity index (χ2v) is 7.97. The Morgan fingerprint density at radius 1 is 0.571 bits per heavy atom. The molecule has 0 unspecified atom stereocenters. The summed E-state index contributed by atoms with van der Waals surface area (Å²) in [4.78, 5) is 36.2. The molecule has 0 bridgehead atoms. The largest absolute Gasteiger partial charge is 0.369 e. The maximum absolute atomic E-state index is 12.1. The molecule has 1 rings (SSSR count). The van der Waals surface area contributed by atoms with E-state index in [1.807, 2.05) is 0 Å². The van der Waals surface area contributed by atoms with Crippen LogP contribution in [0.5, 0.6) is 0 Å². The fraction of sp³-hybridized carbons (Fsp3) is 0.800. The minimum absolute atomic E-state index is 0.544. The van der Waals surface area contributed by atoms with Crippen molar-refractivity contribution in [2.24, 2.45) is 51.2 Å². The number of hydrogen-bond donors (Lipinski definition) is 3. The molecular formula is C15H27N3O3. The maximum atomic E-state index is 12.1. The molecule has 0 saturated heterocycles. The molecule has 3 amide bonds. The molecule has 120 valence electrons. The average molecular weight is 297 g/mol. The molecule has 1 fully saturated rings. The van der Waals surface area contributed by atoms with E-state index < -0.39 is 51.7 Å². The molecule has 0 radical (unpaired) electrons. The van der Waals surface area contributed by atoms with Gasteiger partial charge >= 0.3 is 0 Å². The third-order valence-electron chi connectivity index (χ3n) is 5.32. The van der Waals surface area contributed by atoms with Crippen molar-refractivity contribution >= 4 is 17.7 Å². The molecule has 1 aliphatic carbocycles. The van der Waals surface area contributed by atoms with Gasteiger partial charge in [0.15, 0.2) is 0 Å². The maximum Gasteiger partial charge on any atom is 0.221 e. The Hall–Kier alpha value is -1.59. The van der Waals surface area contributed by atoms with Crippen molar-refractivity contribution in [3.8, 4) is 0 Å². The van der Waals surface area contributed by atoms with Gasteiger partial charge in [0.2, 0.25) is 17.7 Å². The Morgan fingerprint density at radius 3 is 0.810 bits per heavy atom. The first-order chi connectivity index (χ1) is 9.20. The molecule has 0 spiro atoms. The molecule has 0 aliphatic heterocycles. The quantitative estimate of drug-likeness (QED) is 0.696. The average Bonchev–Trinajstić information content (AvgIpc) is 2.07. The first-order valence-electron chi connectivity index (χ1n) is 7.08. The fourth-order valence-corrected chi connectivity index (χ4v) is 5.58. The molecule has 6 heteroatoms. The number of amides is 3. The van der Waals surface area contributed by atoms with Gasteiger partial charge in [0.25, 0.3) is 0 Å². The van der Waals surface area contributed by atoms with E-state index in [2.05, 4.69) is 0 Å². The predicted octanol–water partition coefficient (Wildman–Crippen LogP) is 0.383. The highest BCUT2D eigenvalue weighted by Gasteiger charge is 2.66. The van der Waals surface area contributed by atoms with Crippen molar-refractivity contribution in [3.63, 3.8) is 0 Å². The Kier molecular flexibility index (Phi) is 3.92. The van der Waals surface area contributed by atoms with E-state index >= 15 is 0 Å². The Labute approximate surface area is 125 Å². The highest BCUT2D eigenvalue weighted by atomic mass is 16.2. The van der Waals surface area contributed by atoms with E-state index in [1.165, 1.54) is 0 Å². The van der Waals surface area contributed by atoms with E-state index in [1.54, 1.807) is 41.5 Å². The van der Waals surface area contributed by atoms with Crippen LogP contribution in [0.15, 0.2) is 0 Å². The Morgan fingerprint density at radius 2 is 0.714 bits per heavy atom. The molecule has 6 nitrogen and oxygen atoms in total. The number of carbonyl (C=O) groups is 3. The monoisotopic (exact) mass is 297 g/mol. The zero-order chi connectivity index (χ0) is 17.0. The van der Waals surface area contributed by atoms with Crippen LogP contribution in [-0.2, 0) is 14.4 Å². The van der Waals surface area contributed by atoms with Crippen LogP contribution in [-0.4, -0.2) is 17.7 Å². The number of hydrogen-bond acceptors (Lipinski definition) is 3. The zero-order valence-corrected chi connectivity index (χ0v) is 13.7. The zero-order valence-electron chi connectivity index (χ0n) is 13.7. The van der Waals surface area contributed by atoms with Crippen LogP contribution in [0, 0.1) is 34.0 Å². The lowest BCUT2D eigenvalue weighted by Gasteiger charge is -2.61. The summed E-state index contributed by atoms with van der Waals surface area (Å²) >= 11 is 0. The second-order valence-electron chi connectivity index (χ2n) is 7.97. The molecule has 1 saturated carbocycles. The highest BCUT2D eigenvalue weighted by molar-refractivity contribution is 5.87. The lowest BCUT2D eigenvalue weighted by molar-refractivity contribution is -0.182. The van der Waals surface area contributed by atoms with Crippen molar-refractivity contribution in [1.29, 1.82) is 0 Å². The van der Waals surface area contributed by atoms with Crippen molar-refractivity contribution < 1.29 is 14.4 Å². The summed E-state index contributed by atoms with van der Waals surface area (Å²) in [5.74, 6) is -3.69. The van der Waals surface area contributed by atoms with Gasteiger partial charge in [-0.1, -0.05) is 41.5 Å². The van der Waals surface area contributed by atoms with Crippen LogP contribution in [0.3, 0.4) is 0 Å². The van der Waals surface area contributed by atoms with Gasteiger partial charge in [-0.3, -0.25) is 14.4 Å². The van der Waals surface area contributed by atoms with Crippen molar-refractivity contribution in [3.05, 3.63) is 0 Å². The van der Waals surface area contributed by atoms with Crippen molar-refractivity contribution in [2.45, 2.75) is 41.5 Å². The molecule has 0 atom stereocenters. The van der Waals surface area contributed by atoms with Crippen LogP contribution in [0.25, 0.3) is 0 Å². The minimum Gasteiger partial charge on any atom is -0.369 e. The standard InChI is InChI=1S/C15H27N3O3/c1-13(2)7(10(16)19)14(3,4)9(12(18)21)15(5,6)8(13)11(17)20/h7-9H,1-6H3,(H2,16,19)(H2,17,20)(H2,18,21). The number of nitrogens with two attached hydrogens (primary N) is 3. The summed E-state index contributed by atoms with van der Waals surface area (Å²) < 4.78 is 0. The third-order valence-corrected chi connectivity index (χ3v) is 5.32. The minimum atomic E-state index is -0.767. The number of rotatable bonds is 3. The molecule has 1 aliphatic rings. The molecule has 6 N–H and O–H groups in total. The van der Waals surface area contributed by atoms with Gasteiger partial charge in [-0.05, 0) is 16.2 Å². The van der Waals surface area contributed by atoms with Gasteiger partial charge in [0, 0.05) is 17.8 Å². The predicted molar refractivity (Wildman–Crippen MR) is 79.4 cm³/mol. The first kappa shape index (κ1) is 17.5. The topological polar surface area (TPSA) is 129 Å². The van der Waals surface area contributed by atoms with Crippen LogP contribution >= 0.6 is 0 Å². The first-order valence-corrected chi connectivity index (χ1v) is 7.08. The van der Waals surface area contributed by atoms with Crippen molar-refractivity contribution in [2.75, 3.05) is 0 Å². The van der Waals surface area contributed by atoms with E-state index in [-0.39, 0.29) is 0 Å². The summed E-state index contributed by atoms with van der Waals surface area (Å²) in [6, 6.07) is 0. The van der Waals surface area contributed by atoms with Gasteiger partial charge in [-0.15, -0.1) is 0 Å². The van der Waals surface area contributed by atoms with Gasteiger partial charge in [-0.2, -0.15) is 0 Å². The highest BCUT2D eigenvalue weighted by Crippen LogP contribution is 2.63. The van der Waals surface area contributed by atoms with Crippen LogP contribution in [0.1, 0.15) is 41.5 Å². The Balaban J connectivity index is 3.70. The normalized spacial score (nSPS) is 33.1. The SMILES string of the molecule is CC1(C)C(C(N)=O)C(C)(C)C(C(N)=O)C(C)(C)C1C(N)=O. The summed E-state index contributed by atoms with van der Waals surface area (Å²) in [5.41, 5.74) is 14.5. The second kappa shape index (κ2) is 4.71. The van der Waals surface area contributed by atoms with Crippen LogP contribution in [0.4, 0.5) is 0 Å². The number of primary amides is 3. The van der Waals surface area contributed by atoms with E-state index in [9.17, 15) is 14.4 Å². The molecule has 21 heavy (non-hydrogen) atoms. The summed E-state index contributed by atoms with van der Waals surface area (Å²) in [7, 11) is 0. The van der Waals surface area contributed by atoms with Gasteiger partial charge in [0.05, 0.1) is 0 Å². The van der Waals surface area contributed by atoms with Crippen LogP contribution < -0.4 is 17.2 Å². The van der Waals surface area contributed by atoms with Crippen LogP contribution in [0.2, 0.25) is 0 Å². The van der Waals surface area contributed by atoms with E-state index in [0.29, 0.717) is 0 Å². The lowest BCUT2D eigenvalue weighted by atomic mass is 9.41. The smallest absolute Gasteiger partial charge is 0.221 e. The summed E-state index contributed by atoms with van der Waals surface area (Å²) in [5, 5.41) is 0. The van der Waals surface area contributed by atoms with Gasteiger partial charge in [-0.25, -0.2) is 0 Å². The van der Waals surface area contributed by atoms with E-state index in [4.69, 9.17) is 17.2 Å². The number of carbonyl (C=O) groups excluding carboxylic acids is 3. The van der Waals surface area contributed by atoms with Gasteiger partial charge < -0.3 is 17.2 Å². The van der Waals surface area contributed by atoms with E-state index in [0.717, 1.165) is 0 Å². The summed E-state index contributed by atoms with van der Waals surface area (Å²) in [6.07, 6.45) is 0. The van der Waals surface area contributed by atoms with Crippen molar-refractivity contribution in [1.82, 2.24) is 0 Å². The third kappa shape index (κ3) is 2.30. The molecule has 0 aromatic heterocycles. The van der Waals surface area contributed by atoms with Gasteiger partial charge in [0.1, 0.15) is 0 Å². The summed E-state index contributed by atoms with van der Waals surface area (Å²) in [6.45, 7) is 10.8. The molecular weight excluding hydrogens is 270 g/mol.